The summed E-state index contributed by atoms with van der Waals surface area (Å²) in [4.78, 5) is 52.3. The summed E-state index contributed by atoms with van der Waals surface area (Å²) in [6.07, 6.45) is 3.29. The topological polar surface area (TPSA) is 156 Å². The van der Waals surface area contributed by atoms with E-state index in [0.29, 0.717) is 12.2 Å². The highest BCUT2D eigenvalue weighted by atomic mass is 16.4. The Labute approximate surface area is 169 Å². The van der Waals surface area contributed by atoms with Crippen LogP contribution < -0.4 is 21.9 Å². The lowest BCUT2D eigenvalue weighted by atomic mass is 10.1. The first-order valence-electron chi connectivity index (χ1n) is 8.78. The van der Waals surface area contributed by atoms with Gasteiger partial charge >= 0.3 is 5.97 Å². The molecule has 0 saturated carbocycles. The highest BCUT2D eigenvalue weighted by molar-refractivity contribution is 6.23. The number of amides is 2. The van der Waals surface area contributed by atoms with E-state index in [1.165, 1.54) is 18.2 Å². The summed E-state index contributed by atoms with van der Waals surface area (Å²) in [6.45, 7) is 0.339. The largest absolute Gasteiger partial charge is 0.478 e. The van der Waals surface area contributed by atoms with Gasteiger partial charge in [0.1, 0.15) is 5.82 Å². The number of benzene rings is 1. The molecule has 0 spiro atoms. The third kappa shape index (κ3) is 3.15. The molecule has 1 aliphatic rings. The Hall–Kier alpha value is -4.47. The highest BCUT2D eigenvalue weighted by Gasteiger charge is 2.32. The quantitative estimate of drug-likeness (QED) is 0.458. The van der Waals surface area contributed by atoms with Gasteiger partial charge in [-0.3, -0.25) is 29.3 Å². The molecule has 0 aliphatic carbocycles. The van der Waals surface area contributed by atoms with Crippen molar-refractivity contribution in [2.75, 3.05) is 11.1 Å². The van der Waals surface area contributed by atoms with Crippen molar-refractivity contribution in [2.45, 2.75) is 6.54 Å². The minimum atomic E-state index is -1.20. The molecular weight excluding hydrogens is 390 g/mol. The molecule has 3 heterocycles. The summed E-state index contributed by atoms with van der Waals surface area (Å²) in [5.41, 5.74) is 6.48. The SMILES string of the molecule is Nc1c2c(cc(=O)n1-c1cc(C(=O)O)ccc1NCc1cccnc1)C(=O)NC2=O. The number of pyridine rings is 2. The molecule has 3 aromatic rings. The van der Waals surface area contributed by atoms with Gasteiger partial charge in [-0.2, -0.15) is 0 Å². The molecule has 1 aromatic carbocycles. The average Bonchev–Trinajstić information content (AvgIpc) is 3.01. The van der Waals surface area contributed by atoms with E-state index >= 15 is 0 Å². The third-order valence-corrected chi connectivity index (χ3v) is 4.64. The number of aromatic nitrogens is 2. The second kappa shape index (κ2) is 7.17. The van der Waals surface area contributed by atoms with Crippen molar-refractivity contribution in [1.82, 2.24) is 14.9 Å². The molecule has 1 aliphatic heterocycles. The summed E-state index contributed by atoms with van der Waals surface area (Å²) < 4.78 is 1.01. The van der Waals surface area contributed by atoms with E-state index in [0.717, 1.165) is 16.2 Å². The Morgan fingerprint density at radius 1 is 1.17 bits per heavy atom. The molecule has 2 amide bonds. The van der Waals surface area contributed by atoms with Gasteiger partial charge in [-0.1, -0.05) is 6.07 Å². The fourth-order valence-corrected chi connectivity index (χ4v) is 3.23. The number of hydrogen-bond acceptors (Lipinski definition) is 7. The zero-order chi connectivity index (χ0) is 21.4. The number of rotatable bonds is 5. The molecule has 2 aromatic heterocycles. The van der Waals surface area contributed by atoms with Gasteiger partial charge in [-0.25, -0.2) is 4.79 Å². The third-order valence-electron chi connectivity index (χ3n) is 4.64. The number of aromatic carboxylic acids is 1. The van der Waals surface area contributed by atoms with Crippen LogP contribution in [0.15, 0.2) is 53.6 Å². The van der Waals surface area contributed by atoms with Crippen molar-refractivity contribution in [2.24, 2.45) is 0 Å². The maximum absolute atomic E-state index is 12.8. The second-order valence-corrected chi connectivity index (χ2v) is 6.53. The van der Waals surface area contributed by atoms with E-state index in [4.69, 9.17) is 5.73 Å². The number of carboxylic acids is 1. The van der Waals surface area contributed by atoms with Crippen LogP contribution in [0.5, 0.6) is 0 Å². The van der Waals surface area contributed by atoms with Crippen LogP contribution in [0, 0.1) is 0 Å². The first-order valence-corrected chi connectivity index (χ1v) is 8.78. The monoisotopic (exact) mass is 405 g/mol. The maximum Gasteiger partial charge on any atom is 0.335 e. The first kappa shape index (κ1) is 18.9. The number of anilines is 2. The van der Waals surface area contributed by atoms with Gasteiger partial charge in [-0.15, -0.1) is 0 Å². The van der Waals surface area contributed by atoms with E-state index in [1.54, 1.807) is 18.5 Å². The molecule has 10 heteroatoms. The van der Waals surface area contributed by atoms with E-state index in [1.807, 2.05) is 6.07 Å². The molecule has 0 fully saturated rings. The Kier molecular flexibility index (Phi) is 4.51. The lowest BCUT2D eigenvalue weighted by Crippen LogP contribution is -2.25. The lowest BCUT2D eigenvalue weighted by Gasteiger charge is -2.17. The van der Waals surface area contributed by atoms with Crippen molar-refractivity contribution >= 4 is 29.3 Å². The van der Waals surface area contributed by atoms with E-state index < -0.39 is 23.3 Å². The van der Waals surface area contributed by atoms with Gasteiger partial charge in [0.05, 0.1) is 28.1 Å². The van der Waals surface area contributed by atoms with Crippen molar-refractivity contribution in [3.63, 3.8) is 0 Å². The van der Waals surface area contributed by atoms with Gasteiger partial charge in [-0.05, 0) is 29.8 Å². The summed E-state index contributed by atoms with van der Waals surface area (Å²) in [5.74, 6) is -2.88. The summed E-state index contributed by atoms with van der Waals surface area (Å²) in [6, 6.07) is 8.76. The van der Waals surface area contributed by atoms with Crippen LogP contribution in [0.1, 0.15) is 36.6 Å². The van der Waals surface area contributed by atoms with Crippen LogP contribution in [0.25, 0.3) is 5.69 Å². The van der Waals surface area contributed by atoms with Gasteiger partial charge in [0.25, 0.3) is 17.4 Å². The summed E-state index contributed by atoms with van der Waals surface area (Å²) in [7, 11) is 0. The number of fused-ring (bicyclic) bond motifs is 1. The maximum atomic E-state index is 12.8. The standard InChI is InChI=1S/C20H15N5O5/c21-17-16-12(18(27)24-19(16)28)7-15(26)25(17)14-6-11(20(29)30)3-4-13(14)23-9-10-2-1-5-22-8-10/h1-8,23H,9,21H2,(H,29,30)(H,24,27,28). The Bertz CT molecular complexity index is 1270. The fourth-order valence-electron chi connectivity index (χ4n) is 3.23. The molecule has 0 unspecified atom stereocenters. The molecular formula is C20H15N5O5. The lowest BCUT2D eigenvalue weighted by molar-refractivity contribution is 0.0696. The number of carbonyl (C=O) groups is 3. The zero-order valence-corrected chi connectivity index (χ0v) is 15.4. The molecule has 0 saturated heterocycles. The molecule has 150 valence electrons. The van der Waals surface area contributed by atoms with E-state index in [2.05, 4.69) is 15.6 Å². The predicted molar refractivity (Wildman–Crippen MR) is 107 cm³/mol. The minimum absolute atomic E-state index is 0.0794. The predicted octanol–water partition coefficient (Wildman–Crippen LogP) is 1.01. The molecule has 0 atom stereocenters. The van der Waals surface area contributed by atoms with Crippen molar-refractivity contribution in [1.29, 1.82) is 0 Å². The van der Waals surface area contributed by atoms with Crippen LogP contribution in [-0.4, -0.2) is 32.4 Å². The average molecular weight is 405 g/mol. The normalized spacial score (nSPS) is 12.4. The fraction of sp³-hybridized carbons (Fsp3) is 0.0500. The van der Waals surface area contributed by atoms with E-state index in [9.17, 15) is 24.3 Å². The van der Waals surface area contributed by atoms with Crippen LogP contribution in [0.4, 0.5) is 11.5 Å². The molecule has 0 radical (unpaired) electrons. The zero-order valence-electron chi connectivity index (χ0n) is 15.4. The number of nitrogens with two attached hydrogens (primary N) is 1. The number of nitrogen functional groups attached to an aromatic ring is 1. The van der Waals surface area contributed by atoms with Crippen LogP contribution in [0.3, 0.4) is 0 Å². The molecule has 5 N–H and O–H groups in total. The Morgan fingerprint density at radius 2 is 1.97 bits per heavy atom. The second-order valence-electron chi connectivity index (χ2n) is 6.53. The van der Waals surface area contributed by atoms with Crippen molar-refractivity contribution in [3.05, 3.63) is 81.4 Å². The Balaban J connectivity index is 1.87. The number of nitrogens with zero attached hydrogens (tertiary/aromatic N) is 2. The highest BCUT2D eigenvalue weighted by Crippen LogP contribution is 2.28. The van der Waals surface area contributed by atoms with Crippen LogP contribution in [0.2, 0.25) is 0 Å². The van der Waals surface area contributed by atoms with Gasteiger partial charge in [0, 0.05) is 25.0 Å². The van der Waals surface area contributed by atoms with E-state index in [-0.39, 0.29) is 28.2 Å². The number of hydrogen-bond donors (Lipinski definition) is 4. The number of nitrogens with one attached hydrogen (secondary N) is 2. The molecule has 4 rings (SSSR count). The number of carbonyl (C=O) groups excluding carboxylic acids is 2. The summed E-state index contributed by atoms with van der Waals surface area (Å²) >= 11 is 0. The van der Waals surface area contributed by atoms with Gasteiger partial charge in [0.15, 0.2) is 0 Å². The minimum Gasteiger partial charge on any atom is -0.478 e. The van der Waals surface area contributed by atoms with Gasteiger partial charge < -0.3 is 16.2 Å². The first-order chi connectivity index (χ1) is 14.4. The summed E-state index contributed by atoms with van der Waals surface area (Å²) in [5, 5.41) is 14.6. The van der Waals surface area contributed by atoms with Crippen LogP contribution >= 0.6 is 0 Å². The molecule has 10 nitrogen and oxygen atoms in total. The molecule has 30 heavy (non-hydrogen) atoms. The van der Waals surface area contributed by atoms with Crippen molar-refractivity contribution < 1.29 is 19.5 Å². The van der Waals surface area contributed by atoms with Crippen molar-refractivity contribution in [3.8, 4) is 5.69 Å². The number of imide groups is 1. The number of carboxylic acid groups (broad SMARTS) is 1. The molecule has 0 bridgehead atoms. The Morgan fingerprint density at radius 3 is 2.67 bits per heavy atom. The van der Waals surface area contributed by atoms with Crippen LogP contribution in [-0.2, 0) is 6.54 Å². The van der Waals surface area contributed by atoms with Gasteiger partial charge in [0.2, 0.25) is 0 Å². The smallest absolute Gasteiger partial charge is 0.335 e.